The van der Waals surface area contributed by atoms with E-state index in [4.69, 9.17) is 0 Å². The summed E-state index contributed by atoms with van der Waals surface area (Å²) in [6, 6.07) is 17.7. The van der Waals surface area contributed by atoms with Crippen molar-refractivity contribution in [2.45, 2.75) is 10.9 Å². The van der Waals surface area contributed by atoms with Crippen molar-refractivity contribution in [2.75, 3.05) is 0 Å². The van der Waals surface area contributed by atoms with Crippen LogP contribution in [0.25, 0.3) is 0 Å². The topological polar surface area (TPSA) is 43.1 Å². The van der Waals surface area contributed by atoms with Crippen LogP contribution < -0.4 is 0 Å². The first-order chi connectivity index (χ1) is 8.70. The van der Waals surface area contributed by atoms with Crippen LogP contribution in [0.4, 0.5) is 0 Å². The lowest BCUT2D eigenvalue weighted by Crippen LogP contribution is -2.15. The smallest absolute Gasteiger partial charge is 0.254 e. The Labute approximate surface area is 114 Å². The van der Waals surface area contributed by atoms with Crippen molar-refractivity contribution in [1.82, 2.24) is 0 Å². The molecule has 2 aromatic rings. The number of benzene rings is 2. The normalized spacial score (nSPS) is 13.8. The maximum Gasteiger partial charge on any atom is 0.254 e. The monoisotopic (exact) mass is 305 g/mol. The lowest BCUT2D eigenvalue weighted by Gasteiger charge is -2.16. The lowest BCUT2D eigenvalue weighted by atomic mass is 9.99. The lowest BCUT2D eigenvalue weighted by molar-refractivity contribution is -0.528. The van der Waals surface area contributed by atoms with Crippen molar-refractivity contribution in [2.24, 2.45) is 0 Å². The van der Waals surface area contributed by atoms with Gasteiger partial charge in [-0.1, -0.05) is 76.6 Å². The average Bonchev–Trinajstić information content (AvgIpc) is 2.40. The molecule has 2 atom stereocenters. The second-order valence-electron chi connectivity index (χ2n) is 3.95. The van der Waals surface area contributed by atoms with E-state index in [9.17, 15) is 10.1 Å². The van der Waals surface area contributed by atoms with E-state index >= 15 is 0 Å². The van der Waals surface area contributed by atoms with Gasteiger partial charge in [-0.15, -0.1) is 0 Å². The standard InChI is InChI=1S/C14H12BrNO2/c15-13(11-7-3-1-4-8-11)14(16(17)18)12-9-5-2-6-10-12/h1-10,13-14H. The molecule has 0 amide bonds. The minimum absolute atomic E-state index is 0.248. The fraction of sp³-hybridized carbons (Fsp3) is 0.143. The van der Waals surface area contributed by atoms with E-state index in [1.165, 1.54) is 0 Å². The zero-order valence-electron chi connectivity index (χ0n) is 9.57. The van der Waals surface area contributed by atoms with Gasteiger partial charge in [0.15, 0.2) is 0 Å². The molecular formula is C14H12BrNO2. The molecule has 0 N–H and O–H groups in total. The SMILES string of the molecule is O=[N+]([O-])C(c1ccccc1)C(Br)c1ccccc1. The van der Waals surface area contributed by atoms with Gasteiger partial charge in [-0.05, 0) is 5.56 Å². The molecule has 92 valence electrons. The first kappa shape index (κ1) is 12.8. The van der Waals surface area contributed by atoms with E-state index in [0.717, 1.165) is 5.56 Å². The minimum atomic E-state index is -0.784. The summed E-state index contributed by atoms with van der Waals surface area (Å²) < 4.78 is 0. The molecule has 2 rings (SSSR count). The highest BCUT2D eigenvalue weighted by Gasteiger charge is 2.32. The zero-order chi connectivity index (χ0) is 13.0. The summed E-state index contributed by atoms with van der Waals surface area (Å²) in [4.78, 5) is 10.7. The summed E-state index contributed by atoms with van der Waals surface area (Å²) in [5.74, 6) is 0. The van der Waals surface area contributed by atoms with Gasteiger partial charge in [0, 0.05) is 10.5 Å². The van der Waals surface area contributed by atoms with Gasteiger partial charge >= 0.3 is 0 Å². The van der Waals surface area contributed by atoms with Crippen LogP contribution >= 0.6 is 15.9 Å². The first-order valence-electron chi connectivity index (χ1n) is 5.57. The summed E-state index contributed by atoms with van der Waals surface area (Å²) in [7, 11) is 0. The molecule has 0 saturated heterocycles. The van der Waals surface area contributed by atoms with Crippen LogP contribution in [0.1, 0.15) is 22.0 Å². The molecule has 0 aromatic heterocycles. The Kier molecular flexibility index (Phi) is 4.10. The summed E-state index contributed by atoms with van der Waals surface area (Å²) in [5, 5.41) is 11.3. The van der Waals surface area contributed by atoms with Gasteiger partial charge < -0.3 is 0 Å². The second-order valence-corrected chi connectivity index (χ2v) is 4.94. The first-order valence-corrected chi connectivity index (χ1v) is 6.49. The van der Waals surface area contributed by atoms with Crippen LogP contribution in [0, 0.1) is 10.1 Å². The highest BCUT2D eigenvalue weighted by molar-refractivity contribution is 9.09. The number of nitro groups is 1. The van der Waals surface area contributed by atoms with Crippen LogP contribution in [0.5, 0.6) is 0 Å². The molecule has 0 spiro atoms. The Bertz CT molecular complexity index is 516. The average molecular weight is 306 g/mol. The van der Waals surface area contributed by atoms with Gasteiger partial charge in [0.05, 0.1) is 0 Å². The quantitative estimate of drug-likeness (QED) is 0.484. The number of hydrogen-bond donors (Lipinski definition) is 0. The highest BCUT2D eigenvalue weighted by atomic mass is 79.9. The van der Waals surface area contributed by atoms with Crippen molar-refractivity contribution in [3.05, 3.63) is 81.9 Å². The third-order valence-corrected chi connectivity index (χ3v) is 3.79. The van der Waals surface area contributed by atoms with E-state index < -0.39 is 6.04 Å². The van der Waals surface area contributed by atoms with Crippen LogP contribution in [0.3, 0.4) is 0 Å². The maximum absolute atomic E-state index is 11.3. The number of halogens is 1. The van der Waals surface area contributed by atoms with Crippen LogP contribution in [-0.2, 0) is 0 Å². The Morgan fingerprint density at radius 3 is 1.78 bits per heavy atom. The largest absolute Gasteiger partial charge is 0.264 e. The summed E-state index contributed by atoms with van der Waals surface area (Å²) in [6.07, 6.45) is 0. The second kappa shape index (κ2) is 5.78. The zero-order valence-corrected chi connectivity index (χ0v) is 11.2. The van der Waals surface area contributed by atoms with E-state index in [1.54, 1.807) is 12.1 Å². The molecule has 0 saturated carbocycles. The Balaban J connectivity index is 2.35. The molecular weight excluding hydrogens is 294 g/mol. The number of rotatable bonds is 4. The van der Waals surface area contributed by atoms with Gasteiger partial charge in [0.25, 0.3) is 6.04 Å². The molecule has 2 aromatic carbocycles. The van der Waals surface area contributed by atoms with Gasteiger partial charge in [0.1, 0.15) is 4.83 Å². The van der Waals surface area contributed by atoms with Crippen molar-refractivity contribution in [3.63, 3.8) is 0 Å². The van der Waals surface area contributed by atoms with Crippen molar-refractivity contribution in [3.8, 4) is 0 Å². The number of alkyl halides is 1. The van der Waals surface area contributed by atoms with Gasteiger partial charge in [-0.2, -0.15) is 0 Å². The van der Waals surface area contributed by atoms with Crippen molar-refractivity contribution >= 4 is 15.9 Å². The van der Waals surface area contributed by atoms with Crippen molar-refractivity contribution in [1.29, 1.82) is 0 Å². The maximum atomic E-state index is 11.3. The molecule has 2 unspecified atom stereocenters. The Morgan fingerprint density at radius 2 is 1.33 bits per heavy atom. The Morgan fingerprint density at radius 1 is 0.889 bits per heavy atom. The Hall–Kier alpha value is -1.68. The predicted octanol–water partition coefficient (Wildman–Crippen LogP) is 4.14. The van der Waals surface area contributed by atoms with Crippen LogP contribution in [0.15, 0.2) is 60.7 Å². The third kappa shape index (κ3) is 2.76. The van der Waals surface area contributed by atoms with Crippen LogP contribution in [0.2, 0.25) is 0 Å². The number of hydrogen-bond acceptors (Lipinski definition) is 2. The molecule has 0 aliphatic rings. The number of nitrogens with zero attached hydrogens (tertiary/aromatic N) is 1. The fourth-order valence-corrected chi connectivity index (χ4v) is 2.67. The molecule has 0 aliphatic heterocycles. The summed E-state index contributed by atoms with van der Waals surface area (Å²) in [6.45, 7) is 0. The van der Waals surface area contributed by atoms with Crippen molar-refractivity contribution < 1.29 is 4.92 Å². The third-order valence-electron chi connectivity index (χ3n) is 2.76. The van der Waals surface area contributed by atoms with E-state index in [1.807, 2.05) is 48.5 Å². The van der Waals surface area contributed by atoms with Crippen LogP contribution in [-0.4, -0.2) is 4.92 Å². The highest BCUT2D eigenvalue weighted by Crippen LogP contribution is 2.37. The van der Waals surface area contributed by atoms with E-state index in [-0.39, 0.29) is 9.75 Å². The molecule has 3 nitrogen and oxygen atoms in total. The van der Waals surface area contributed by atoms with E-state index in [2.05, 4.69) is 15.9 Å². The fourth-order valence-electron chi connectivity index (χ4n) is 1.87. The molecule has 0 aliphatic carbocycles. The molecule has 0 radical (unpaired) electrons. The molecule has 18 heavy (non-hydrogen) atoms. The molecule has 0 fully saturated rings. The van der Waals surface area contributed by atoms with Gasteiger partial charge in [-0.25, -0.2) is 0 Å². The molecule has 0 bridgehead atoms. The van der Waals surface area contributed by atoms with Gasteiger partial charge in [-0.3, -0.25) is 10.1 Å². The predicted molar refractivity (Wildman–Crippen MR) is 74.3 cm³/mol. The molecule has 4 heteroatoms. The van der Waals surface area contributed by atoms with Gasteiger partial charge in [0.2, 0.25) is 0 Å². The molecule has 0 heterocycles. The summed E-state index contributed by atoms with van der Waals surface area (Å²) in [5.41, 5.74) is 1.61. The summed E-state index contributed by atoms with van der Waals surface area (Å²) >= 11 is 3.45. The van der Waals surface area contributed by atoms with E-state index in [0.29, 0.717) is 5.56 Å². The minimum Gasteiger partial charge on any atom is -0.264 e.